The summed E-state index contributed by atoms with van der Waals surface area (Å²) in [6.07, 6.45) is 6.01. The number of anilines is 1. The van der Waals surface area contributed by atoms with Gasteiger partial charge in [-0.2, -0.15) is 5.10 Å². The van der Waals surface area contributed by atoms with Gasteiger partial charge in [-0.1, -0.05) is 11.3 Å². The van der Waals surface area contributed by atoms with E-state index in [4.69, 9.17) is 0 Å². The molecule has 0 bridgehead atoms. The summed E-state index contributed by atoms with van der Waals surface area (Å²) in [6, 6.07) is -0.188. The molecule has 0 atom stereocenters. The average Bonchev–Trinajstić information content (AvgIpc) is 3.03. The molecule has 2 aromatic heterocycles. The number of nitrogens with zero attached hydrogens (tertiary/aromatic N) is 5. The first-order chi connectivity index (χ1) is 9.61. The Morgan fingerprint density at radius 2 is 2.35 bits per heavy atom. The molecule has 1 aliphatic carbocycles. The summed E-state index contributed by atoms with van der Waals surface area (Å²) in [6.45, 7) is 0.508. The molecule has 1 aliphatic rings. The number of nitrogens with one attached hydrogen (secondary N) is 1. The average molecular weight is 292 g/mol. The number of hydrogen-bond donors (Lipinski definition) is 1. The Balaban J connectivity index is 1.57. The first-order valence-electron chi connectivity index (χ1n) is 6.45. The number of aromatic nitrogens is 4. The highest BCUT2D eigenvalue weighted by Crippen LogP contribution is 2.42. The van der Waals surface area contributed by atoms with Gasteiger partial charge < -0.3 is 4.90 Å². The van der Waals surface area contributed by atoms with Crippen LogP contribution >= 0.6 is 11.3 Å². The third-order valence-electron chi connectivity index (χ3n) is 3.11. The van der Waals surface area contributed by atoms with Gasteiger partial charge in [-0.3, -0.25) is 10.00 Å². The quantitative estimate of drug-likeness (QED) is 0.932. The molecule has 0 spiro atoms. The van der Waals surface area contributed by atoms with Gasteiger partial charge in [0.05, 0.1) is 12.7 Å². The summed E-state index contributed by atoms with van der Waals surface area (Å²) in [7, 11) is 3.59. The molecule has 1 saturated carbocycles. The molecule has 7 nitrogen and oxygen atoms in total. The Labute approximate surface area is 120 Å². The highest BCUT2D eigenvalue weighted by Gasteiger charge is 2.27. The van der Waals surface area contributed by atoms with Crippen LogP contribution in [0.1, 0.15) is 29.3 Å². The number of amides is 2. The van der Waals surface area contributed by atoms with E-state index < -0.39 is 0 Å². The first-order valence-corrected chi connectivity index (χ1v) is 7.26. The summed E-state index contributed by atoms with van der Waals surface area (Å²) >= 11 is 1.46. The molecule has 1 fully saturated rings. The van der Waals surface area contributed by atoms with Crippen molar-refractivity contribution in [1.82, 2.24) is 24.9 Å². The molecule has 0 saturated heterocycles. The van der Waals surface area contributed by atoms with Crippen LogP contribution in [0.3, 0.4) is 0 Å². The number of carbonyl (C=O) groups excluding carboxylic acids is 1. The smallest absolute Gasteiger partial charge is 0.323 e. The summed E-state index contributed by atoms with van der Waals surface area (Å²) < 4.78 is 1.72. The van der Waals surface area contributed by atoms with Crippen LogP contribution in [0.5, 0.6) is 0 Å². The lowest BCUT2D eigenvalue weighted by atomic mass is 10.3. The molecule has 8 heteroatoms. The van der Waals surface area contributed by atoms with Crippen molar-refractivity contribution in [1.29, 1.82) is 0 Å². The number of carbonyl (C=O) groups is 1. The van der Waals surface area contributed by atoms with Crippen molar-refractivity contribution >= 4 is 22.5 Å². The second kappa shape index (κ2) is 5.20. The maximum Gasteiger partial charge on any atom is 0.323 e. The van der Waals surface area contributed by atoms with Crippen LogP contribution in [0, 0.1) is 0 Å². The van der Waals surface area contributed by atoms with E-state index in [1.807, 2.05) is 13.2 Å². The van der Waals surface area contributed by atoms with Crippen molar-refractivity contribution in [3.63, 3.8) is 0 Å². The lowest BCUT2D eigenvalue weighted by molar-refractivity contribution is 0.220. The van der Waals surface area contributed by atoms with E-state index in [0.717, 1.165) is 10.6 Å². The number of hydrogen-bond acceptors (Lipinski definition) is 5. The molecule has 0 unspecified atom stereocenters. The Morgan fingerprint density at radius 1 is 1.55 bits per heavy atom. The Morgan fingerprint density at radius 3 is 3.00 bits per heavy atom. The predicted octanol–water partition coefficient (Wildman–Crippen LogP) is 1.81. The molecule has 106 valence electrons. The minimum absolute atomic E-state index is 0.188. The van der Waals surface area contributed by atoms with E-state index >= 15 is 0 Å². The highest BCUT2D eigenvalue weighted by molar-refractivity contribution is 7.15. The minimum atomic E-state index is -0.188. The van der Waals surface area contributed by atoms with Crippen molar-refractivity contribution in [3.05, 3.63) is 23.0 Å². The Bertz CT molecular complexity index is 617. The monoisotopic (exact) mass is 292 g/mol. The molecular formula is C12H16N6OS. The molecule has 2 aromatic rings. The van der Waals surface area contributed by atoms with Crippen LogP contribution in [0.15, 0.2) is 12.4 Å². The molecule has 3 rings (SSSR count). The van der Waals surface area contributed by atoms with Crippen molar-refractivity contribution in [2.24, 2.45) is 7.05 Å². The molecular weight excluding hydrogens is 276 g/mol. The fraction of sp³-hybridized carbons (Fsp3) is 0.500. The van der Waals surface area contributed by atoms with Gasteiger partial charge in [0.15, 0.2) is 0 Å². The van der Waals surface area contributed by atoms with E-state index in [0.29, 0.717) is 17.6 Å². The van der Waals surface area contributed by atoms with Crippen LogP contribution in [0.4, 0.5) is 9.93 Å². The standard InChI is InChI=1S/C12H16N6OS/c1-17(6-8-5-13-18(2)7-8)12(19)14-11-16-15-10(20-11)9-3-4-9/h5,7,9H,3-4,6H2,1-2H3,(H,14,16,19). The van der Waals surface area contributed by atoms with E-state index in [2.05, 4.69) is 20.6 Å². The lowest BCUT2D eigenvalue weighted by Gasteiger charge is -2.15. The van der Waals surface area contributed by atoms with Gasteiger partial charge in [0, 0.05) is 31.8 Å². The topological polar surface area (TPSA) is 75.9 Å². The van der Waals surface area contributed by atoms with Gasteiger partial charge in [0.2, 0.25) is 5.13 Å². The molecule has 0 aromatic carbocycles. The molecule has 0 radical (unpaired) electrons. The summed E-state index contributed by atoms with van der Waals surface area (Å²) in [5.74, 6) is 0.561. The highest BCUT2D eigenvalue weighted by atomic mass is 32.1. The van der Waals surface area contributed by atoms with Gasteiger partial charge >= 0.3 is 6.03 Å². The Hall–Kier alpha value is -1.96. The van der Waals surface area contributed by atoms with Gasteiger partial charge in [-0.15, -0.1) is 10.2 Å². The second-order valence-electron chi connectivity index (χ2n) is 5.03. The fourth-order valence-corrected chi connectivity index (χ4v) is 2.77. The van der Waals surface area contributed by atoms with Crippen molar-refractivity contribution < 1.29 is 4.79 Å². The Kier molecular flexibility index (Phi) is 3.39. The van der Waals surface area contributed by atoms with Crippen LogP contribution in [0.2, 0.25) is 0 Å². The zero-order chi connectivity index (χ0) is 14.1. The van der Waals surface area contributed by atoms with Gasteiger partial charge in [-0.05, 0) is 12.8 Å². The summed E-state index contributed by atoms with van der Waals surface area (Å²) in [5.41, 5.74) is 0.987. The van der Waals surface area contributed by atoms with Crippen LogP contribution in [0.25, 0.3) is 0 Å². The predicted molar refractivity (Wildman–Crippen MR) is 75.6 cm³/mol. The molecule has 20 heavy (non-hydrogen) atoms. The summed E-state index contributed by atoms with van der Waals surface area (Å²) in [5, 5.41) is 16.5. The van der Waals surface area contributed by atoms with Crippen molar-refractivity contribution in [3.8, 4) is 0 Å². The lowest BCUT2D eigenvalue weighted by Crippen LogP contribution is -2.30. The molecule has 2 amide bonds. The maximum absolute atomic E-state index is 12.0. The number of aryl methyl sites for hydroxylation is 1. The molecule has 1 N–H and O–H groups in total. The van der Waals surface area contributed by atoms with Gasteiger partial charge in [0.1, 0.15) is 5.01 Å². The third-order valence-corrected chi connectivity index (χ3v) is 4.11. The second-order valence-corrected chi connectivity index (χ2v) is 6.04. The van der Waals surface area contributed by atoms with Gasteiger partial charge in [-0.25, -0.2) is 4.79 Å². The van der Waals surface area contributed by atoms with E-state index in [1.54, 1.807) is 22.8 Å². The number of urea groups is 1. The minimum Gasteiger partial charge on any atom is -0.323 e. The SMILES string of the molecule is CN(Cc1cnn(C)c1)C(=O)Nc1nnc(C2CC2)s1. The van der Waals surface area contributed by atoms with E-state index in [9.17, 15) is 4.79 Å². The van der Waals surface area contributed by atoms with E-state index in [-0.39, 0.29) is 6.03 Å². The van der Waals surface area contributed by atoms with Crippen molar-refractivity contribution in [2.45, 2.75) is 25.3 Å². The summed E-state index contributed by atoms with van der Waals surface area (Å²) in [4.78, 5) is 13.6. The largest absolute Gasteiger partial charge is 0.323 e. The van der Waals surface area contributed by atoms with E-state index in [1.165, 1.54) is 24.2 Å². The zero-order valence-corrected chi connectivity index (χ0v) is 12.2. The fourth-order valence-electron chi connectivity index (χ4n) is 1.87. The number of rotatable bonds is 4. The maximum atomic E-state index is 12.0. The third kappa shape index (κ3) is 2.96. The van der Waals surface area contributed by atoms with Crippen LogP contribution in [-0.4, -0.2) is 38.0 Å². The van der Waals surface area contributed by atoms with Crippen LogP contribution < -0.4 is 5.32 Å². The van der Waals surface area contributed by atoms with Crippen molar-refractivity contribution in [2.75, 3.05) is 12.4 Å². The molecule has 2 heterocycles. The first kappa shape index (κ1) is 13.0. The normalized spacial score (nSPS) is 14.3. The van der Waals surface area contributed by atoms with Crippen LogP contribution in [-0.2, 0) is 13.6 Å². The zero-order valence-electron chi connectivity index (χ0n) is 11.4. The molecule has 0 aliphatic heterocycles. The van der Waals surface area contributed by atoms with Gasteiger partial charge in [0.25, 0.3) is 0 Å².